The number of aromatic carboxylic acids is 1. The largest absolute Gasteiger partial charge is 0.478 e. The Morgan fingerprint density at radius 3 is 2.56 bits per heavy atom. The molecule has 2 atom stereocenters. The third kappa shape index (κ3) is 3.33. The number of hydrogen-bond acceptors (Lipinski definition) is 2. The van der Waals surface area contributed by atoms with Crippen molar-refractivity contribution in [3.8, 4) is 0 Å². The molecule has 98 valence electrons. The van der Waals surface area contributed by atoms with Crippen molar-refractivity contribution in [3.63, 3.8) is 0 Å². The van der Waals surface area contributed by atoms with Crippen molar-refractivity contribution in [1.29, 1.82) is 0 Å². The Hall–Kier alpha value is -1.35. The molecule has 0 saturated heterocycles. The molecule has 2 N–H and O–H groups in total. The summed E-state index contributed by atoms with van der Waals surface area (Å²) < 4.78 is 0. The molecule has 0 bridgehead atoms. The van der Waals surface area contributed by atoms with Crippen molar-refractivity contribution >= 4 is 5.97 Å². The van der Waals surface area contributed by atoms with Crippen LogP contribution in [0.15, 0.2) is 24.3 Å². The molecule has 1 fully saturated rings. The van der Waals surface area contributed by atoms with Crippen LogP contribution in [0.4, 0.5) is 0 Å². The lowest BCUT2D eigenvalue weighted by Crippen LogP contribution is -2.17. The van der Waals surface area contributed by atoms with E-state index in [0.717, 1.165) is 36.4 Å². The SMILES string of the molecule is CC(C)[C@@H]1C[C@H]1CNCc1ccc(C(=O)O)cc1. The molecule has 3 nitrogen and oxygen atoms in total. The Labute approximate surface area is 108 Å². The first-order chi connectivity index (χ1) is 8.58. The van der Waals surface area contributed by atoms with E-state index in [1.54, 1.807) is 12.1 Å². The molecule has 1 aliphatic carbocycles. The molecule has 0 amide bonds. The van der Waals surface area contributed by atoms with E-state index in [0.29, 0.717) is 5.56 Å². The normalized spacial score (nSPS) is 22.2. The summed E-state index contributed by atoms with van der Waals surface area (Å²) in [5, 5.41) is 12.2. The minimum absolute atomic E-state index is 0.348. The zero-order valence-electron chi connectivity index (χ0n) is 11.0. The lowest BCUT2D eigenvalue weighted by atomic mass is 10.1. The summed E-state index contributed by atoms with van der Waals surface area (Å²) >= 11 is 0. The fraction of sp³-hybridized carbons (Fsp3) is 0.533. The molecular formula is C15H21NO2. The Bertz CT molecular complexity index is 411. The van der Waals surface area contributed by atoms with Crippen molar-refractivity contribution in [2.24, 2.45) is 17.8 Å². The van der Waals surface area contributed by atoms with Gasteiger partial charge in [0.1, 0.15) is 0 Å². The quantitative estimate of drug-likeness (QED) is 0.812. The van der Waals surface area contributed by atoms with E-state index in [4.69, 9.17) is 5.11 Å². The zero-order chi connectivity index (χ0) is 13.1. The first kappa shape index (κ1) is 13.1. The van der Waals surface area contributed by atoms with Crippen molar-refractivity contribution in [1.82, 2.24) is 5.32 Å². The summed E-state index contributed by atoms with van der Waals surface area (Å²) in [6.45, 7) is 6.47. The number of carboxylic acids is 1. The molecule has 1 aromatic rings. The van der Waals surface area contributed by atoms with Crippen LogP contribution < -0.4 is 5.32 Å². The maximum Gasteiger partial charge on any atom is 0.335 e. The van der Waals surface area contributed by atoms with Gasteiger partial charge >= 0.3 is 5.97 Å². The molecule has 0 unspecified atom stereocenters. The summed E-state index contributed by atoms with van der Waals surface area (Å²) in [6, 6.07) is 7.08. The second-order valence-electron chi connectivity index (χ2n) is 5.54. The Kier molecular flexibility index (Phi) is 4.02. The average molecular weight is 247 g/mol. The highest BCUT2D eigenvalue weighted by atomic mass is 16.4. The molecular weight excluding hydrogens is 226 g/mol. The van der Waals surface area contributed by atoms with Gasteiger partial charge in [0, 0.05) is 6.54 Å². The molecule has 0 heterocycles. The molecule has 0 radical (unpaired) electrons. The van der Waals surface area contributed by atoms with Gasteiger partial charge in [-0.25, -0.2) is 4.79 Å². The van der Waals surface area contributed by atoms with E-state index >= 15 is 0 Å². The molecule has 1 aromatic carbocycles. The number of benzene rings is 1. The summed E-state index contributed by atoms with van der Waals surface area (Å²) in [6.07, 6.45) is 1.35. The molecule has 1 saturated carbocycles. The second kappa shape index (κ2) is 5.53. The summed E-state index contributed by atoms with van der Waals surface area (Å²) in [4.78, 5) is 10.7. The van der Waals surface area contributed by atoms with Gasteiger partial charge in [0.05, 0.1) is 5.56 Å². The molecule has 18 heavy (non-hydrogen) atoms. The molecule has 1 aliphatic rings. The third-order valence-electron chi connectivity index (χ3n) is 3.77. The molecule has 0 aromatic heterocycles. The van der Waals surface area contributed by atoms with Crippen LogP contribution >= 0.6 is 0 Å². The lowest BCUT2D eigenvalue weighted by Gasteiger charge is -2.06. The molecule has 3 heteroatoms. The standard InChI is InChI=1S/C15H21NO2/c1-10(2)14-7-13(14)9-16-8-11-3-5-12(6-4-11)15(17)18/h3-6,10,13-14,16H,7-9H2,1-2H3,(H,17,18)/t13-,14-/m0/s1. The molecule has 0 spiro atoms. The monoisotopic (exact) mass is 247 g/mol. The highest BCUT2D eigenvalue weighted by molar-refractivity contribution is 5.87. The average Bonchev–Trinajstić information content (AvgIpc) is 3.09. The van der Waals surface area contributed by atoms with Gasteiger partial charge in [-0.15, -0.1) is 0 Å². The second-order valence-corrected chi connectivity index (χ2v) is 5.54. The van der Waals surface area contributed by atoms with Gasteiger partial charge in [-0.1, -0.05) is 26.0 Å². The fourth-order valence-electron chi connectivity index (χ4n) is 2.49. The fourth-order valence-corrected chi connectivity index (χ4v) is 2.49. The number of rotatable bonds is 6. The maximum absolute atomic E-state index is 10.7. The summed E-state index contributed by atoms with van der Waals surface area (Å²) in [7, 11) is 0. The highest BCUT2D eigenvalue weighted by Crippen LogP contribution is 2.43. The Morgan fingerprint density at radius 1 is 1.39 bits per heavy atom. The Balaban J connectivity index is 1.72. The maximum atomic E-state index is 10.7. The van der Waals surface area contributed by atoms with E-state index in [1.807, 2.05) is 12.1 Å². The zero-order valence-corrected chi connectivity index (χ0v) is 11.0. The number of carbonyl (C=O) groups is 1. The number of hydrogen-bond donors (Lipinski definition) is 2. The van der Waals surface area contributed by atoms with Gasteiger partial charge < -0.3 is 10.4 Å². The Morgan fingerprint density at radius 2 is 2.06 bits per heavy atom. The van der Waals surface area contributed by atoms with E-state index in [1.165, 1.54) is 6.42 Å². The minimum Gasteiger partial charge on any atom is -0.478 e. The van der Waals surface area contributed by atoms with E-state index in [2.05, 4.69) is 19.2 Å². The number of carboxylic acid groups (broad SMARTS) is 1. The van der Waals surface area contributed by atoms with Crippen LogP contribution in [-0.2, 0) is 6.54 Å². The topological polar surface area (TPSA) is 49.3 Å². The van der Waals surface area contributed by atoms with Crippen LogP contribution in [0.25, 0.3) is 0 Å². The third-order valence-corrected chi connectivity index (χ3v) is 3.77. The predicted octanol–water partition coefficient (Wildman–Crippen LogP) is 2.77. The van der Waals surface area contributed by atoms with Crippen LogP contribution in [-0.4, -0.2) is 17.6 Å². The van der Waals surface area contributed by atoms with Gasteiger partial charge in [0.2, 0.25) is 0 Å². The smallest absolute Gasteiger partial charge is 0.335 e. The van der Waals surface area contributed by atoms with Crippen LogP contribution in [0.3, 0.4) is 0 Å². The van der Waals surface area contributed by atoms with Gasteiger partial charge in [0.25, 0.3) is 0 Å². The van der Waals surface area contributed by atoms with Crippen LogP contribution in [0.2, 0.25) is 0 Å². The van der Waals surface area contributed by atoms with E-state index in [-0.39, 0.29) is 0 Å². The predicted molar refractivity (Wildman–Crippen MR) is 71.5 cm³/mol. The first-order valence-corrected chi connectivity index (χ1v) is 6.61. The van der Waals surface area contributed by atoms with Crippen molar-refractivity contribution in [2.75, 3.05) is 6.54 Å². The molecule has 2 rings (SSSR count). The van der Waals surface area contributed by atoms with Gasteiger partial charge in [-0.05, 0) is 48.4 Å². The number of nitrogens with one attached hydrogen (secondary N) is 1. The van der Waals surface area contributed by atoms with Gasteiger partial charge in [0.15, 0.2) is 0 Å². The summed E-state index contributed by atoms with van der Waals surface area (Å²) in [5.41, 5.74) is 1.49. The van der Waals surface area contributed by atoms with E-state index < -0.39 is 5.97 Å². The molecule has 0 aliphatic heterocycles. The van der Waals surface area contributed by atoms with Crippen molar-refractivity contribution in [2.45, 2.75) is 26.8 Å². The van der Waals surface area contributed by atoms with Gasteiger partial charge in [-0.3, -0.25) is 0 Å². The highest BCUT2D eigenvalue weighted by Gasteiger charge is 2.38. The van der Waals surface area contributed by atoms with Crippen LogP contribution in [0.5, 0.6) is 0 Å². The van der Waals surface area contributed by atoms with Crippen molar-refractivity contribution in [3.05, 3.63) is 35.4 Å². The van der Waals surface area contributed by atoms with Crippen molar-refractivity contribution < 1.29 is 9.90 Å². The minimum atomic E-state index is -0.868. The van der Waals surface area contributed by atoms with Crippen LogP contribution in [0.1, 0.15) is 36.2 Å². The first-order valence-electron chi connectivity index (χ1n) is 6.61. The summed E-state index contributed by atoms with van der Waals surface area (Å²) in [5.74, 6) is 1.66. The van der Waals surface area contributed by atoms with Crippen LogP contribution in [0, 0.1) is 17.8 Å². The van der Waals surface area contributed by atoms with E-state index in [9.17, 15) is 4.79 Å². The van der Waals surface area contributed by atoms with Gasteiger partial charge in [-0.2, -0.15) is 0 Å². The lowest BCUT2D eigenvalue weighted by molar-refractivity contribution is 0.0697.